The molecule has 1 saturated heterocycles. The van der Waals surface area contributed by atoms with Gasteiger partial charge in [0, 0.05) is 32.2 Å². The Labute approximate surface area is 163 Å². The molecule has 1 aliphatic heterocycles. The molecule has 0 unspecified atom stereocenters. The molecule has 3 rings (SSSR count). The number of nitrogens with zero attached hydrogens (tertiary/aromatic N) is 4. The van der Waals surface area contributed by atoms with Gasteiger partial charge >= 0.3 is 0 Å². The first kappa shape index (κ1) is 19.4. The highest BCUT2D eigenvalue weighted by molar-refractivity contribution is 5.92. The van der Waals surface area contributed by atoms with Crippen molar-refractivity contribution in [2.75, 3.05) is 51.3 Å². The van der Waals surface area contributed by atoms with Gasteiger partial charge in [-0.1, -0.05) is 0 Å². The van der Waals surface area contributed by atoms with E-state index in [-0.39, 0.29) is 5.91 Å². The molecule has 1 N–H and O–H groups in total. The number of aromatic nitrogens is 2. The second-order valence-electron chi connectivity index (χ2n) is 6.17. The molecule has 2 heterocycles. The number of nitrogens with one attached hydrogen (secondary N) is 1. The lowest BCUT2D eigenvalue weighted by atomic mass is 10.3. The van der Waals surface area contributed by atoms with E-state index in [9.17, 15) is 9.59 Å². The molecule has 0 radical (unpaired) electrons. The summed E-state index contributed by atoms with van der Waals surface area (Å²) in [4.78, 5) is 35.2. The van der Waals surface area contributed by atoms with Crippen LogP contribution < -0.4 is 19.7 Å². The van der Waals surface area contributed by atoms with Crippen molar-refractivity contribution in [3.63, 3.8) is 0 Å². The van der Waals surface area contributed by atoms with Crippen LogP contribution in [0.5, 0.6) is 11.5 Å². The van der Waals surface area contributed by atoms with Gasteiger partial charge in [-0.3, -0.25) is 9.59 Å². The van der Waals surface area contributed by atoms with E-state index in [0.29, 0.717) is 56.6 Å². The molecule has 0 bridgehead atoms. The van der Waals surface area contributed by atoms with E-state index in [1.165, 1.54) is 6.33 Å². The van der Waals surface area contributed by atoms with E-state index in [4.69, 9.17) is 9.47 Å². The number of anilines is 1. The third kappa shape index (κ3) is 5.09. The highest BCUT2D eigenvalue weighted by Crippen LogP contribution is 2.17. The first-order valence-corrected chi connectivity index (χ1v) is 9.01. The summed E-state index contributed by atoms with van der Waals surface area (Å²) in [6.07, 6.45) is 2.23. The monoisotopic (exact) mass is 385 g/mol. The Balaban J connectivity index is 1.47. The van der Waals surface area contributed by atoms with Gasteiger partial charge in [0.2, 0.25) is 6.41 Å². The van der Waals surface area contributed by atoms with E-state index >= 15 is 0 Å². The number of methoxy groups -OCH3 is 1. The highest BCUT2D eigenvalue weighted by Gasteiger charge is 2.18. The lowest BCUT2D eigenvalue weighted by Crippen LogP contribution is -2.46. The van der Waals surface area contributed by atoms with Crippen molar-refractivity contribution in [1.29, 1.82) is 0 Å². The van der Waals surface area contributed by atoms with Crippen LogP contribution in [0.2, 0.25) is 0 Å². The van der Waals surface area contributed by atoms with Gasteiger partial charge in [-0.05, 0) is 24.3 Å². The van der Waals surface area contributed by atoms with Gasteiger partial charge in [0.1, 0.15) is 35.9 Å². The van der Waals surface area contributed by atoms with Crippen molar-refractivity contribution in [3.8, 4) is 11.5 Å². The number of piperazine rings is 1. The lowest BCUT2D eigenvalue weighted by molar-refractivity contribution is -0.118. The number of carbonyl (C=O) groups excluding carboxylic acids is 2. The Morgan fingerprint density at radius 3 is 2.54 bits per heavy atom. The normalized spacial score (nSPS) is 13.8. The Morgan fingerprint density at radius 1 is 1.14 bits per heavy atom. The molecule has 2 aromatic rings. The fraction of sp³-hybridized carbons (Fsp3) is 0.368. The Bertz CT molecular complexity index is 791. The summed E-state index contributed by atoms with van der Waals surface area (Å²) < 4.78 is 10.7. The second kappa shape index (κ2) is 9.54. The van der Waals surface area contributed by atoms with Crippen molar-refractivity contribution in [2.24, 2.45) is 0 Å². The van der Waals surface area contributed by atoms with E-state index in [0.717, 1.165) is 12.2 Å². The Morgan fingerprint density at radius 2 is 1.86 bits per heavy atom. The first-order valence-electron chi connectivity index (χ1n) is 9.01. The number of rotatable bonds is 8. The molecule has 0 saturated carbocycles. The number of hydrogen-bond donors (Lipinski definition) is 1. The van der Waals surface area contributed by atoms with Crippen molar-refractivity contribution in [1.82, 2.24) is 20.2 Å². The zero-order valence-electron chi connectivity index (χ0n) is 15.7. The van der Waals surface area contributed by atoms with Gasteiger partial charge in [0.05, 0.1) is 13.7 Å². The van der Waals surface area contributed by atoms with Crippen molar-refractivity contribution < 1.29 is 19.1 Å². The maximum absolute atomic E-state index is 12.3. The van der Waals surface area contributed by atoms with Crippen LogP contribution in [0.1, 0.15) is 10.5 Å². The van der Waals surface area contributed by atoms with Crippen LogP contribution in [0.25, 0.3) is 0 Å². The fourth-order valence-electron chi connectivity index (χ4n) is 2.80. The van der Waals surface area contributed by atoms with Crippen LogP contribution in [0.4, 0.5) is 5.82 Å². The van der Waals surface area contributed by atoms with Gasteiger partial charge in [-0.25, -0.2) is 9.97 Å². The molecule has 0 atom stereocenters. The van der Waals surface area contributed by atoms with E-state index < -0.39 is 0 Å². The quantitative estimate of drug-likeness (QED) is 0.524. The van der Waals surface area contributed by atoms with Gasteiger partial charge in [-0.2, -0.15) is 0 Å². The maximum atomic E-state index is 12.3. The second-order valence-corrected chi connectivity index (χ2v) is 6.17. The predicted octanol–water partition coefficient (Wildman–Crippen LogP) is 0.572. The summed E-state index contributed by atoms with van der Waals surface area (Å²) in [5, 5.41) is 2.79. The third-order valence-electron chi connectivity index (χ3n) is 4.39. The third-order valence-corrected chi connectivity index (χ3v) is 4.39. The van der Waals surface area contributed by atoms with Crippen LogP contribution >= 0.6 is 0 Å². The maximum Gasteiger partial charge on any atom is 0.270 e. The smallest absolute Gasteiger partial charge is 0.270 e. The van der Waals surface area contributed by atoms with E-state index in [2.05, 4.69) is 15.3 Å². The summed E-state index contributed by atoms with van der Waals surface area (Å²) >= 11 is 0. The topological polar surface area (TPSA) is 96.9 Å². The zero-order chi connectivity index (χ0) is 19.8. The Kier molecular flexibility index (Phi) is 6.61. The standard InChI is InChI=1S/C19H23N5O4/c1-27-15-2-4-16(5-3-15)28-11-6-20-19(26)17-12-18(22-13-21-17)24-9-7-23(14-25)8-10-24/h2-5,12-14H,6-11H2,1H3,(H,20,26). The molecule has 148 valence electrons. The highest BCUT2D eigenvalue weighted by atomic mass is 16.5. The molecular weight excluding hydrogens is 362 g/mol. The number of amides is 2. The molecule has 0 aliphatic carbocycles. The van der Waals surface area contributed by atoms with Gasteiger partial charge in [0.25, 0.3) is 5.91 Å². The summed E-state index contributed by atoms with van der Waals surface area (Å²) in [6.45, 7) is 3.31. The molecule has 1 aliphatic rings. The molecule has 0 spiro atoms. The summed E-state index contributed by atoms with van der Waals surface area (Å²) in [6, 6.07) is 8.90. The van der Waals surface area contributed by atoms with Crippen molar-refractivity contribution in [2.45, 2.75) is 0 Å². The molecule has 9 heteroatoms. The Hall–Kier alpha value is -3.36. The van der Waals surface area contributed by atoms with Gasteiger partial charge in [0.15, 0.2) is 0 Å². The number of benzene rings is 1. The molecule has 1 aromatic heterocycles. The molecule has 1 fully saturated rings. The summed E-state index contributed by atoms with van der Waals surface area (Å²) in [7, 11) is 1.61. The molecule has 9 nitrogen and oxygen atoms in total. The van der Waals surface area contributed by atoms with Gasteiger partial charge < -0.3 is 24.6 Å². The minimum absolute atomic E-state index is 0.284. The number of ether oxygens (including phenoxy) is 2. The molecule has 1 aromatic carbocycles. The summed E-state index contributed by atoms with van der Waals surface area (Å²) in [5.41, 5.74) is 0.298. The average molecular weight is 385 g/mol. The van der Waals surface area contributed by atoms with E-state index in [1.54, 1.807) is 18.1 Å². The fourth-order valence-corrected chi connectivity index (χ4v) is 2.80. The predicted molar refractivity (Wildman–Crippen MR) is 103 cm³/mol. The minimum Gasteiger partial charge on any atom is -0.497 e. The largest absolute Gasteiger partial charge is 0.497 e. The van der Waals surface area contributed by atoms with Crippen LogP contribution in [-0.4, -0.2) is 73.6 Å². The van der Waals surface area contributed by atoms with Crippen molar-refractivity contribution >= 4 is 18.1 Å². The molecule has 28 heavy (non-hydrogen) atoms. The van der Waals surface area contributed by atoms with Gasteiger partial charge in [-0.15, -0.1) is 0 Å². The molecule has 2 amide bonds. The molecular formula is C19H23N5O4. The first-order chi connectivity index (χ1) is 13.7. The summed E-state index contributed by atoms with van der Waals surface area (Å²) in [5.74, 6) is 1.86. The minimum atomic E-state index is -0.284. The SMILES string of the molecule is COc1ccc(OCCNC(=O)c2cc(N3CCN(C=O)CC3)ncn2)cc1. The van der Waals surface area contributed by atoms with E-state index in [1.807, 2.05) is 29.2 Å². The number of hydrogen-bond acceptors (Lipinski definition) is 7. The lowest BCUT2D eigenvalue weighted by Gasteiger charge is -2.33. The van der Waals surface area contributed by atoms with Crippen molar-refractivity contribution in [3.05, 3.63) is 42.4 Å². The zero-order valence-corrected chi connectivity index (χ0v) is 15.7. The average Bonchev–Trinajstić information content (AvgIpc) is 2.77. The van der Waals surface area contributed by atoms with Crippen LogP contribution in [-0.2, 0) is 4.79 Å². The van der Waals surface area contributed by atoms with Crippen LogP contribution in [0.3, 0.4) is 0 Å². The van der Waals surface area contributed by atoms with Crippen LogP contribution in [0.15, 0.2) is 36.7 Å². The number of carbonyl (C=O) groups is 2. The van der Waals surface area contributed by atoms with Crippen LogP contribution in [0, 0.1) is 0 Å².